The van der Waals surface area contributed by atoms with Gasteiger partial charge in [-0.3, -0.25) is 4.79 Å². The molecule has 25 heavy (non-hydrogen) atoms. The smallest absolute Gasteiger partial charge is 0.329 e. The Morgan fingerprint density at radius 3 is 2.28 bits per heavy atom. The largest absolute Gasteiger partial charge is 0.496 e. The molecule has 0 spiro atoms. The Bertz CT molecular complexity index is 631. The summed E-state index contributed by atoms with van der Waals surface area (Å²) in [6.45, 7) is 3.92. The normalized spacial score (nSPS) is 17.2. The molecule has 0 radical (unpaired) electrons. The number of carboxylic acids is 1. The molecule has 1 aromatic carbocycles. The summed E-state index contributed by atoms with van der Waals surface area (Å²) in [7, 11) is 1.59. The van der Waals surface area contributed by atoms with Crippen LogP contribution in [0.2, 0.25) is 0 Å². The third-order valence-electron chi connectivity index (χ3n) is 5.13. The zero-order chi connectivity index (χ0) is 18.4. The van der Waals surface area contributed by atoms with Crippen LogP contribution < -0.4 is 10.1 Å². The van der Waals surface area contributed by atoms with Crippen LogP contribution in [0, 0.1) is 13.8 Å². The first-order valence-electron chi connectivity index (χ1n) is 9.06. The van der Waals surface area contributed by atoms with E-state index in [9.17, 15) is 14.7 Å². The van der Waals surface area contributed by atoms with E-state index in [2.05, 4.69) is 5.32 Å². The Balaban J connectivity index is 2.18. The number of carbonyl (C=O) groups excluding carboxylic acids is 1. The van der Waals surface area contributed by atoms with Gasteiger partial charge in [0.05, 0.1) is 13.5 Å². The van der Waals surface area contributed by atoms with E-state index in [1.807, 2.05) is 26.0 Å². The monoisotopic (exact) mass is 347 g/mol. The topological polar surface area (TPSA) is 75.6 Å². The van der Waals surface area contributed by atoms with Gasteiger partial charge < -0.3 is 15.2 Å². The Morgan fingerprint density at radius 2 is 1.72 bits per heavy atom. The molecule has 0 unspecified atom stereocenters. The van der Waals surface area contributed by atoms with E-state index in [4.69, 9.17) is 4.74 Å². The zero-order valence-corrected chi connectivity index (χ0v) is 15.5. The summed E-state index contributed by atoms with van der Waals surface area (Å²) in [6.07, 6.45) is 5.98. The van der Waals surface area contributed by atoms with Crippen LogP contribution in [0.15, 0.2) is 12.1 Å². The predicted molar refractivity (Wildman–Crippen MR) is 97.0 cm³/mol. The third-order valence-corrected chi connectivity index (χ3v) is 5.13. The van der Waals surface area contributed by atoms with Gasteiger partial charge in [-0.25, -0.2) is 4.79 Å². The number of hydrogen-bond donors (Lipinski definition) is 2. The number of methoxy groups -OCH3 is 1. The number of aryl methyl sites for hydroxylation is 2. The zero-order valence-electron chi connectivity index (χ0n) is 15.5. The molecule has 1 aliphatic rings. The fourth-order valence-corrected chi connectivity index (χ4v) is 3.74. The van der Waals surface area contributed by atoms with Crippen LogP contribution in [-0.2, 0) is 16.0 Å². The number of rotatable bonds is 5. The first-order chi connectivity index (χ1) is 11.9. The molecule has 0 aliphatic heterocycles. The molecule has 1 saturated carbocycles. The molecule has 5 nitrogen and oxygen atoms in total. The molecule has 0 heterocycles. The minimum Gasteiger partial charge on any atom is -0.496 e. The van der Waals surface area contributed by atoms with E-state index < -0.39 is 11.5 Å². The Morgan fingerprint density at radius 1 is 1.12 bits per heavy atom. The molecule has 0 aromatic heterocycles. The van der Waals surface area contributed by atoms with Crippen molar-refractivity contribution in [1.29, 1.82) is 0 Å². The van der Waals surface area contributed by atoms with Gasteiger partial charge in [-0.2, -0.15) is 0 Å². The van der Waals surface area contributed by atoms with Gasteiger partial charge in [-0.05, 0) is 43.9 Å². The van der Waals surface area contributed by atoms with Gasteiger partial charge in [0.25, 0.3) is 0 Å². The van der Waals surface area contributed by atoms with Crippen LogP contribution in [-0.4, -0.2) is 29.6 Å². The first kappa shape index (κ1) is 19.3. The van der Waals surface area contributed by atoms with Crippen LogP contribution in [0.5, 0.6) is 5.75 Å². The molecule has 0 atom stereocenters. The number of benzene rings is 1. The molecule has 1 amide bonds. The van der Waals surface area contributed by atoms with E-state index in [0.717, 1.165) is 48.8 Å². The Labute approximate surface area is 149 Å². The molecule has 2 rings (SSSR count). The highest BCUT2D eigenvalue weighted by Gasteiger charge is 2.39. The lowest BCUT2D eigenvalue weighted by atomic mass is 9.83. The quantitative estimate of drug-likeness (QED) is 0.854. The summed E-state index contributed by atoms with van der Waals surface area (Å²) in [5.41, 5.74) is 1.73. The number of ether oxygens (including phenoxy) is 1. The van der Waals surface area contributed by atoms with E-state index in [-0.39, 0.29) is 12.3 Å². The van der Waals surface area contributed by atoms with Crippen molar-refractivity contribution < 1.29 is 19.4 Å². The van der Waals surface area contributed by atoms with Gasteiger partial charge in [0, 0.05) is 5.56 Å². The molecular formula is C20H29NO4. The molecule has 0 saturated heterocycles. The van der Waals surface area contributed by atoms with E-state index in [0.29, 0.717) is 18.6 Å². The van der Waals surface area contributed by atoms with Crippen molar-refractivity contribution in [2.75, 3.05) is 7.11 Å². The van der Waals surface area contributed by atoms with Gasteiger partial charge in [-0.15, -0.1) is 0 Å². The average Bonchev–Trinajstić information content (AvgIpc) is 2.52. The summed E-state index contributed by atoms with van der Waals surface area (Å²) in [6, 6.07) is 3.91. The van der Waals surface area contributed by atoms with E-state index in [1.165, 1.54) is 0 Å². The van der Waals surface area contributed by atoms with Gasteiger partial charge in [0.2, 0.25) is 5.91 Å². The molecule has 1 aromatic rings. The maximum atomic E-state index is 12.7. The molecule has 1 fully saturated rings. The van der Waals surface area contributed by atoms with Crippen molar-refractivity contribution >= 4 is 11.9 Å². The van der Waals surface area contributed by atoms with Crippen molar-refractivity contribution in [1.82, 2.24) is 5.32 Å². The second kappa shape index (κ2) is 8.37. The van der Waals surface area contributed by atoms with Crippen LogP contribution in [0.3, 0.4) is 0 Å². The predicted octanol–water partition coefficient (Wildman–Crippen LogP) is 3.54. The third kappa shape index (κ3) is 4.74. The maximum absolute atomic E-state index is 12.7. The summed E-state index contributed by atoms with van der Waals surface area (Å²) >= 11 is 0. The Kier molecular flexibility index (Phi) is 6.45. The van der Waals surface area contributed by atoms with Crippen LogP contribution >= 0.6 is 0 Å². The van der Waals surface area contributed by atoms with Gasteiger partial charge >= 0.3 is 5.97 Å². The number of aliphatic carboxylic acids is 1. The Hall–Kier alpha value is -2.04. The van der Waals surface area contributed by atoms with Crippen molar-refractivity contribution in [2.24, 2.45) is 0 Å². The highest BCUT2D eigenvalue weighted by atomic mass is 16.5. The van der Waals surface area contributed by atoms with Crippen molar-refractivity contribution in [3.63, 3.8) is 0 Å². The molecule has 2 N–H and O–H groups in total. The summed E-state index contributed by atoms with van der Waals surface area (Å²) in [5.74, 6) is -0.502. The fourth-order valence-electron chi connectivity index (χ4n) is 3.74. The number of carboxylic acid groups (broad SMARTS) is 1. The minimum absolute atomic E-state index is 0.129. The van der Waals surface area contributed by atoms with E-state index >= 15 is 0 Å². The van der Waals surface area contributed by atoms with Gasteiger partial charge in [0.1, 0.15) is 11.3 Å². The van der Waals surface area contributed by atoms with Crippen molar-refractivity contribution in [2.45, 2.75) is 70.8 Å². The average molecular weight is 347 g/mol. The first-order valence-corrected chi connectivity index (χ1v) is 9.06. The summed E-state index contributed by atoms with van der Waals surface area (Å²) in [4.78, 5) is 24.6. The van der Waals surface area contributed by atoms with Gasteiger partial charge in [0.15, 0.2) is 0 Å². The van der Waals surface area contributed by atoms with Crippen LogP contribution in [0.1, 0.15) is 61.6 Å². The van der Waals surface area contributed by atoms with Crippen LogP contribution in [0.25, 0.3) is 0 Å². The maximum Gasteiger partial charge on any atom is 0.329 e. The summed E-state index contributed by atoms with van der Waals surface area (Å²) in [5, 5.41) is 12.6. The molecular weight excluding hydrogens is 318 g/mol. The molecule has 0 bridgehead atoms. The van der Waals surface area contributed by atoms with Crippen molar-refractivity contribution in [3.8, 4) is 5.75 Å². The number of carbonyl (C=O) groups is 2. The van der Waals surface area contributed by atoms with E-state index in [1.54, 1.807) is 7.11 Å². The molecule has 5 heteroatoms. The van der Waals surface area contributed by atoms with Crippen LogP contribution in [0.4, 0.5) is 0 Å². The highest BCUT2D eigenvalue weighted by Crippen LogP contribution is 2.28. The number of hydrogen-bond acceptors (Lipinski definition) is 3. The second-order valence-electron chi connectivity index (χ2n) is 7.14. The standard InChI is InChI=1S/C20H29NO4/c1-14-11-15(2)16(17(12-14)25-3)13-18(22)21-20(19(23)24)9-7-5-4-6-8-10-20/h11-12H,4-10,13H2,1-3H3,(H,21,22)(H,23,24). The number of amides is 1. The molecule has 138 valence electrons. The summed E-state index contributed by atoms with van der Waals surface area (Å²) < 4.78 is 5.41. The lowest BCUT2D eigenvalue weighted by Crippen LogP contribution is -2.55. The highest BCUT2D eigenvalue weighted by molar-refractivity contribution is 5.88. The minimum atomic E-state index is -1.14. The van der Waals surface area contributed by atoms with Crippen molar-refractivity contribution in [3.05, 3.63) is 28.8 Å². The fraction of sp³-hybridized carbons (Fsp3) is 0.600. The lowest BCUT2D eigenvalue weighted by Gasteiger charge is -2.32. The number of nitrogens with one attached hydrogen (secondary N) is 1. The lowest BCUT2D eigenvalue weighted by molar-refractivity contribution is -0.148. The van der Waals surface area contributed by atoms with Gasteiger partial charge in [-0.1, -0.05) is 38.2 Å². The SMILES string of the molecule is COc1cc(C)cc(C)c1CC(=O)NC1(C(=O)O)CCCCCCC1. The second-order valence-corrected chi connectivity index (χ2v) is 7.14. The molecule has 1 aliphatic carbocycles.